The molecule has 0 bridgehead atoms. The molecule has 0 unspecified atom stereocenters. The van der Waals surface area contributed by atoms with Crippen molar-refractivity contribution < 1.29 is 4.79 Å². The minimum Gasteiger partial charge on any atom is -0.342 e. The molecule has 4 aromatic rings. The van der Waals surface area contributed by atoms with Gasteiger partial charge >= 0.3 is 0 Å². The number of fused-ring (bicyclic) bond motifs is 2. The maximum absolute atomic E-state index is 12.2. The van der Waals surface area contributed by atoms with Gasteiger partial charge in [0, 0.05) is 34.3 Å². The number of aryl methyl sites for hydroxylation is 1. The Morgan fingerprint density at radius 1 is 1.03 bits per heavy atom. The molecule has 6 rings (SSSR count). The summed E-state index contributed by atoms with van der Waals surface area (Å²) in [5, 5.41) is 10.7. The Morgan fingerprint density at radius 2 is 1.78 bits per heavy atom. The third-order valence-electron chi connectivity index (χ3n) is 6.16. The number of anilines is 2. The van der Waals surface area contributed by atoms with Gasteiger partial charge in [-0.25, -0.2) is 0 Å². The van der Waals surface area contributed by atoms with Crippen LogP contribution in [0, 0.1) is 6.92 Å². The monoisotopic (exact) mass is 418 g/mol. The summed E-state index contributed by atoms with van der Waals surface area (Å²) in [4.78, 5) is 21.1. The first-order chi connectivity index (χ1) is 15.5. The van der Waals surface area contributed by atoms with E-state index in [2.05, 4.69) is 31.8 Å². The molecule has 154 valence electrons. The molecule has 1 aliphatic heterocycles. The van der Waals surface area contributed by atoms with E-state index >= 15 is 0 Å². The number of nitrogens with one attached hydrogen (secondary N) is 2. The Hall–Kier alpha value is -3.94. The van der Waals surface area contributed by atoms with Crippen molar-refractivity contribution in [1.29, 1.82) is 0 Å². The summed E-state index contributed by atoms with van der Waals surface area (Å²) < 4.78 is 1.23. The van der Waals surface area contributed by atoms with E-state index in [1.807, 2.05) is 61.7 Å². The molecule has 1 fully saturated rings. The smallest absolute Gasteiger partial charge is 0.269 e. The zero-order valence-electron chi connectivity index (χ0n) is 17.5. The molecule has 8 heteroatoms. The van der Waals surface area contributed by atoms with Crippen LogP contribution < -0.4 is 10.6 Å². The number of amides is 1. The Balaban J connectivity index is 1.25. The highest BCUT2D eigenvalue weighted by Gasteiger charge is 2.52. The van der Waals surface area contributed by atoms with Crippen molar-refractivity contribution in [3.8, 4) is 22.5 Å². The van der Waals surface area contributed by atoms with E-state index in [0.29, 0.717) is 11.8 Å². The lowest BCUT2D eigenvalue weighted by atomic mass is 10.0. The van der Waals surface area contributed by atoms with Gasteiger partial charge in [-0.15, -0.1) is 0 Å². The maximum atomic E-state index is 12.2. The van der Waals surface area contributed by atoms with E-state index in [0.717, 1.165) is 52.0 Å². The number of rotatable bonds is 4. The first kappa shape index (κ1) is 18.8. The summed E-state index contributed by atoms with van der Waals surface area (Å²) in [5.74, 6) is 0.951. The van der Waals surface area contributed by atoms with E-state index in [4.69, 9.17) is 7.98 Å². The predicted molar refractivity (Wildman–Crippen MR) is 123 cm³/mol. The molecule has 2 radical (unpaired) electrons. The molecule has 0 atom stereocenters. The minimum absolute atomic E-state index is 0.00167. The highest BCUT2D eigenvalue weighted by atomic mass is 16.2. The normalized spacial score (nSPS) is 15.5. The average Bonchev–Trinajstić information content (AvgIpc) is 3.41. The highest BCUT2D eigenvalue weighted by molar-refractivity contribution is 6.07. The number of carbonyl (C=O) groups excluding carboxylic acids is 1. The van der Waals surface area contributed by atoms with Gasteiger partial charge in [-0.2, -0.15) is 10.1 Å². The number of hydrogen-bond acceptors (Lipinski definition) is 5. The van der Waals surface area contributed by atoms with Crippen molar-refractivity contribution >= 4 is 25.5 Å². The zero-order valence-corrected chi connectivity index (χ0v) is 17.5. The quantitative estimate of drug-likeness (QED) is 0.494. The fourth-order valence-corrected chi connectivity index (χ4v) is 4.20. The summed E-state index contributed by atoms with van der Waals surface area (Å²) >= 11 is 0. The number of benzene rings is 2. The summed E-state index contributed by atoms with van der Waals surface area (Å²) in [6.45, 7) is 1.97. The van der Waals surface area contributed by atoms with Crippen LogP contribution in [0.25, 0.3) is 22.5 Å². The van der Waals surface area contributed by atoms with E-state index in [-0.39, 0.29) is 11.4 Å². The average molecular weight is 418 g/mol. The van der Waals surface area contributed by atoms with Gasteiger partial charge in [-0.1, -0.05) is 30.3 Å². The largest absolute Gasteiger partial charge is 0.342 e. The van der Waals surface area contributed by atoms with Crippen molar-refractivity contribution in [2.45, 2.75) is 25.3 Å². The predicted octanol–water partition coefficient (Wildman–Crippen LogP) is 3.72. The molecule has 2 aromatic heterocycles. The Kier molecular flexibility index (Phi) is 3.99. The molecule has 1 aliphatic carbocycles. The van der Waals surface area contributed by atoms with Gasteiger partial charge in [0.1, 0.15) is 0 Å². The van der Waals surface area contributed by atoms with Crippen LogP contribution in [0.2, 0.25) is 0 Å². The molecular weight excluding hydrogens is 399 g/mol. The third kappa shape index (κ3) is 3.07. The van der Waals surface area contributed by atoms with Crippen molar-refractivity contribution in [2.24, 2.45) is 0 Å². The third-order valence-corrected chi connectivity index (χ3v) is 6.16. The van der Waals surface area contributed by atoms with Crippen LogP contribution >= 0.6 is 0 Å². The second-order valence-electron chi connectivity index (χ2n) is 8.39. The van der Waals surface area contributed by atoms with Gasteiger partial charge in [0.2, 0.25) is 5.95 Å². The van der Waals surface area contributed by atoms with Crippen LogP contribution in [0.4, 0.5) is 11.6 Å². The van der Waals surface area contributed by atoms with E-state index in [1.165, 1.54) is 4.59 Å². The molecule has 1 saturated carbocycles. The van der Waals surface area contributed by atoms with Crippen LogP contribution in [0.3, 0.4) is 0 Å². The molecule has 2 N–H and O–H groups in total. The van der Waals surface area contributed by atoms with Gasteiger partial charge in [0.25, 0.3) is 13.9 Å². The van der Waals surface area contributed by atoms with Gasteiger partial charge in [-0.05, 0) is 55.2 Å². The Morgan fingerprint density at radius 3 is 2.50 bits per heavy atom. The molecule has 1 amide bonds. The molecule has 7 nitrogen and oxygen atoms in total. The lowest BCUT2D eigenvalue weighted by Gasteiger charge is -2.10. The maximum Gasteiger partial charge on any atom is 0.269 e. The highest BCUT2D eigenvalue weighted by Crippen LogP contribution is 2.50. The lowest BCUT2D eigenvalue weighted by molar-refractivity contribution is 0.0952. The van der Waals surface area contributed by atoms with Gasteiger partial charge < -0.3 is 10.6 Å². The van der Waals surface area contributed by atoms with E-state index in [9.17, 15) is 4.79 Å². The summed E-state index contributed by atoms with van der Waals surface area (Å²) in [6.07, 6.45) is 3.81. The zero-order chi connectivity index (χ0) is 21.9. The number of nitrogens with zero attached hydrogens (tertiary/aromatic N) is 4. The van der Waals surface area contributed by atoms with Crippen molar-refractivity contribution in [1.82, 2.24) is 25.0 Å². The second-order valence-corrected chi connectivity index (χ2v) is 8.39. The van der Waals surface area contributed by atoms with Crippen LogP contribution in [0.1, 0.15) is 34.5 Å². The van der Waals surface area contributed by atoms with Crippen LogP contribution in [0.5, 0.6) is 0 Å². The topological polar surface area (TPSA) is 84.7 Å². The number of hydrogen-bond donors (Lipinski definition) is 2. The van der Waals surface area contributed by atoms with E-state index in [1.54, 1.807) is 0 Å². The standard InChI is InChI=1S/C24H19BN6O/c1-14-2-3-17(13-26-14)15-4-6-16(7-5-15)21-28-23(31(25)30-21)27-18-8-9-19-20(12-18)24(10-11-24)29-22(19)32/h2-9,12-13H,10-11H2,1H3,(H,29,32)(H,27,28,30). The molecule has 3 heterocycles. The van der Waals surface area contributed by atoms with Crippen LogP contribution in [-0.2, 0) is 5.54 Å². The molecule has 32 heavy (non-hydrogen) atoms. The second kappa shape index (κ2) is 6.78. The number of aromatic nitrogens is 4. The SMILES string of the molecule is [B]n1nc(-c2ccc(-c3ccc(C)nc3)cc2)nc1Nc1ccc2c(c1)C1(CC1)NC2=O. The van der Waals surface area contributed by atoms with Crippen molar-refractivity contribution in [3.05, 3.63) is 77.6 Å². The van der Waals surface area contributed by atoms with E-state index < -0.39 is 0 Å². The first-order valence-corrected chi connectivity index (χ1v) is 10.5. The van der Waals surface area contributed by atoms with Crippen molar-refractivity contribution in [2.75, 3.05) is 5.32 Å². The van der Waals surface area contributed by atoms with Gasteiger partial charge in [0.05, 0.1) is 5.54 Å². The summed E-state index contributed by atoms with van der Waals surface area (Å²) in [5.41, 5.74) is 6.40. The Bertz CT molecular complexity index is 1360. The lowest BCUT2D eigenvalue weighted by Crippen LogP contribution is -2.25. The van der Waals surface area contributed by atoms with Crippen LogP contribution in [0.15, 0.2) is 60.8 Å². The number of pyridine rings is 1. The van der Waals surface area contributed by atoms with Crippen molar-refractivity contribution in [3.63, 3.8) is 0 Å². The fraction of sp³-hybridized carbons (Fsp3) is 0.167. The molecule has 1 spiro atoms. The van der Waals surface area contributed by atoms with Crippen LogP contribution in [-0.4, -0.2) is 33.5 Å². The number of carbonyl (C=O) groups is 1. The van der Waals surface area contributed by atoms with Gasteiger partial charge in [0.15, 0.2) is 5.82 Å². The summed E-state index contributed by atoms with van der Waals surface area (Å²) in [7, 11) is 6.07. The first-order valence-electron chi connectivity index (χ1n) is 10.5. The summed E-state index contributed by atoms with van der Waals surface area (Å²) in [6, 6.07) is 17.7. The molecular formula is C24H19BN6O. The van der Waals surface area contributed by atoms with Gasteiger partial charge in [-0.3, -0.25) is 14.4 Å². The molecule has 0 saturated heterocycles. The fourth-order valence-electron chi connectivity index (χ4n) is 4.20. The Labute approximate surface area is 186 Å². The molecule has 2 aromatic carbocycles. The minimum atomic E-state index is -0.180. The molecule has 2 aliphatic rings.